The monoisotopic (exact) mass is 562 g/mol. The summed E-state index contributed by atoms with van der Waals surface area (Å²) in [6.07, 6.45) is 4.29. The maximum absolute atomic E-state index is 11.6. The Morgan fingerprint density at radius 3 is 2.62 bits per heavy atom. The van der Waals surface area contributed by atoms with Crippen molar-refractivity contribution in [2.24, 2.45) is 0 Å². The molecule has 2 heterocycles. The SMILES string of the molecule is CC(C)(OCc1cc(-c2cccc(OC3CC3)c2)n(-c2cccc3c2cnn3COCC[Si](C)(C)C)n1)C(=O)O. The smallest absolute Gasteiger partial charge is 0.335 e. The Morgan fingerprint density at radius 2 is 1.90 bits per heavy atom. The molecule has 1 fully saturated rings. The Morgan fingerprint density at radius 1 is 1.12 bits per heavy atom. The molecule has 4 aromatic rings. The molecule has 5 rings (SSSR count). The summed E-state index contributed by atoms with van der Waals surface area (Å²) in [5.41, 5.74) is 2.88. The molecular formula is C30H38N4O5Si. The van der Waals surface area contributed by atoms with Crippen molar-refractivity contribution in [3.8, 4) is 22.7 Å². The molecule has 0 unspecified atom stereocenters. The first kappa shape index (κ1) is 28.1. The second-order valence-electron chi connectivity index (χ2n) is 12.1. The predicted molar refractivity (Wildman–Crippen MR) is 157 cm³/mol. The van der Waals surface area contributed by atoms with Crippen molar-refractivity contribution in [2.75, 3.05) is 6.61 Å². The second kappa shape index (κ2) is 11.2. The number of ether oxygens (including phenoxy) is 3. The second-order valence-corrected chi connectivity index (χ2v) is 17.7. The third-order valence-corrected chi connectivity index (χ3v) is 8.62. The average Bonchev–Trinajstić information content (AvgIpc) is 3.45. The normalized spacial score (nSPS) is 14.1. The van der Waals surface area contributed by atoms with Crippen molar-refractivity contribution in [2.45, 2.75) is 77.4 Å². The van der Waals surface area contributed by atoms with E-state index >= 15 is 0 Å². The summed E-state index contributed by atoms with van der Waals surface area (Å²) >= 11 is 0. The number of carbonyl (C=O) groups is 1. The van der Waals surface area contributed by atoms with Gasteiger partial charge in [0.05, 0.1) is 41.5 Å². The number of aliphatic carboxylic acids is 1. The first-order valence-corrected chi connectivity index (χ1v) is 17.5. The first-order valence-electron chi connectivity index (χ1n) is 13.8. The maximum atomic E-state index is 11.6. The number of aromatic nitrogens is 4. The lowest BCUT2D eigenvalue weighted by molar-refractivity contribution is -0.162. The maximum Gasteiger partial charge on any atom is 0.335 e. The molecule has 9 nitrogen and oxygen atoms in total. The quantitative estimate of drug-likeness (QED) is 0.155. The molecule has 1 N–H and O–H groups in total. The Balaban J connectivity index is 1.49. The van der Waals surface area contributed by atoms with E-state index in [1.807, 2.05) is 64.1 Å². The molecule has 1 saturated carbocycles. The van der Waals surface area contributed by atoms with Gasteiger partial charge in [0.1, 0.15) is 12.5 Å². The number of hydrogen-bond donors (Lipinski definition) is 1. The number of carboxylic acid groups (broad SMARTS) is 1. The Kier molecular flexibility index (Phi) is 7.85. The standard InChI is InChI=1S/C30H38N4O5Si/c1-30(2,29(35)36)38-19-22-17-28(21-8-6-9-24(16-21)39-23-12-13-23)34(32-22)27-11-7-10-26-25(27)18-31-33(26)20-37-14-15-40(3,4)5/h6-11,16-18,23H,12-15,19-20H2,1-5H3,(H,35,36). The lowest BCUT2D eigenvalue weighted by atomic mass is 10.1. The average molecular weight is 563 g/mol. The summed E-state index contributed by atoms with van der Waals surface area (Å²) in [6, 6.07) is 17.0. The van der Waals surface area contributed by atoms with Gasteiger partial charge in [0.15, 0.2) is 5.60 Å². The van der Waals surface area contributed by atoms with Crippen LogP contribution in [-0.2, 0) is 27.6 Å². The molecular weight excluding hydrogens is 524 g/mol. The third-order valence-electron chi connectivity index (χ3n) is 6.92. The number of benzene rings is 2. The van der Waals surface area contributed by atoms with E-state index in [1.165, 1.54) is 13.8 Å². The van der Waals surface area contributed by atoms with Gasteiger partial charge in [-0.25, -0.2) is 14.2 Å². The highest BCUT2D eigenvalue weighted by molar-refractivity contribution is 6.76. The van der Waals surface area contributed by atoms with Gasteiger partial charge >= 0.3 is 5.97 Å². The van der Waals surface area contributed by atoms with Crippen LogP contribution >= 0.6 is 0 Å². The van der Waals surface area contributed by atoms with Gasteiger partial charge in [-0.05, 0) is 63.1 Å². The van der Waals surface area contributed by atoms with Gasteiger partial charge in [-0.2, -0.15) is 10.2 Å². The van der Waals surface area contributed by atoms with Crippen molar-refractivity contribution in [3.05, 3.63) is 60.4 Å². The van der Waals surface area contributed by atoms with Crippen LogP contribution in [-0.4, -0.2) is 57.0 Å². The van der Waals surface area contributed by atoms with Crippen LogP contribution in [0.4, 0.5) is 0 Å². The summed E-state index contributed by atoms with van der Waals surface area (Å²) in [5.74, 6) is -0.208. The molecule has 212 valence electrons. The zero-order valence-electron chi connectivity index (χ0n) is 23.9. The fraction of sp³-hybridized carbons (Fsp3) is 0.433. The summed E-state index contributed by atoms with van der Waals surface area (Å²) < 4.78 is 21.5. The number of hydrogen-bond acceptors (Lipinski definition) is 6. The van der Waals surface area contributed by atoms with E-state index in [0.717, 1.165) is 59.1 Å². The first-order chi connectivity index (χ1) is 19.0. The molecule has 0 atom stereocenters. The van der Waals surface area contributed by atoms with Gasteiger partial charge in [-0.15, -0.1) is 0 Å². The van der Waals surface area contributed by atoms with Crippen LogP contribution in [0.25, 0.3) is 27.8 Å². The summed E-state index contributed by atoms with van der Waals surface area (Å²) in [5, 5.41) is 19.9. The third kappa shape index (κ3) is 6.63. The van der Waals surface area contributed by atoms with Crippen molar-refractivity contribution >= 4 is 24.9 Å². The highest BCUT2D eigenvalue weighted by Gasteiger charge is 2.29. The Bertz CT molecular complexity index is 1500. The summed E-state index contributed by atoms with van der Waals surface area (Å²) in [4.78, 5) is 11.6. The molecule has 0 aliphatic heterocycles. The van der Waals surface area contributed by atoms with Crippen molar-refractivity contribution in [3.63, 3.8) is 0 Å². The van der Waals surface area contributed by atoms with Gasteiger partial charge in [-0.1, -0.05) is 37.8 Å². The minimum Gasteiger partial charge on any atom is -0.490 e. The van der Waals surface area contributed by atoms with Crippen molar-refractivity contribution in [1.82, 2.24) is 19.6 Å². The van der Waals surface area contributed by atoms with Gasteiger partial charge in [0.25, 0.3) is 0 Å². The van der Waals surface area contributed by atoms with Crippen LogP contribution in [0.5, 0.6) is 5.75 Å². The molecule has 0 bridgehead atoms. The van der Waals surface area contributed by atoms with E-state index in [1.54, 1.807) is 0 Å². The van der Waals surface area contributed by atoms with Crippen LogP contribution in [0.2, 0.25) is 25.7 Å². The summed E-state index contributed by atoms with van der Waals surface area (Å²) in [6.45, 7) is 11.2. The van der Waals surface area contributed by atoms with Crippen molar-refractivity contribution < 1.29 is 24.1 Å². The van der Waals surface area contributed by atoms with E-state index in [-0.39, 0.29) is 12.7 Å². The lowest BCUT2D eigenvalue weighted by Crippen LogP contribution is -2.34. The highest BCUT2D eigenvalue weighted by Crippen LogP contribution is 2.33. The topological polar surface area (TPSA) is 101 Å². The van der Waals surface area contributed by atoms with Gasteiger partial charge in [0.2, 0.25) is 0 Å². The Labute approximate surface area is 235 Å². The van der Waals surface area contributed by atoms with E-state index < -0.39 is 19.6 Å². The van der Waals surface area contributed by atoms with Gasteiger partial charge in [-0.3, -0.25) is 0 Å². The fourth-order valence-electron chi connectivity index (χ4n) is 4.22. The van der Waals surface area contributed by atoms with Gasteiger partial charge < -0.3 is 19.3 Å². The van der Waals surface area contributed by atoms with Crippen LogP contribution in [0, 0.1) is 0 Å². The number of rotatable bonds is 13. The van der Waals surface area contributed by atoms with Crippen LogP contribution in [0.3, 0.4) is 0 Å². The minimum absolute atomic E-state index is 0.0533. The molecule has 0 saturated heterocycles. The molecule has 2 aromatic carbocycles. The molecule has 10 heteroatoms. The highest BCUT2D eigenvalue weighted by atomic mass is 28.3. The van der Waals surface area contributed by atoms with E-state index in [0.29, 0.717) is 12.4 Å². The van der Waals surface area contributed by atoms with Crippen LogP contribution in [0.1, 0.15) is 32.4 Å². The lowest BCUT2D eigenvalue weighted by Gasteiger charge is -2.19. The van der Waals surface area contributed by atoms with E-state index in [4.69, 9.17) is 19.3 Å². The molecule has 1 aliphatic carbocycles. The predicted octanol–water partition coefficient (Wildman–Crippen LogP) is 6.12. The summed E-state index contributed by atoms with van der Waals surface area (Å²) in [7, 11) is -1.18. The molecule has 1 aliphatic rings. The number of fused-ring (bicyclic) bond motifs is 1. The van der Waals surface area contributed by atoms with E-state index in [9.17, 15) is 9.90 Å². The fourth-order valence-corrected chi connectivity index (χ4v) is 4.97. The molecule has 0 amide bonds. The molecule has 40 heavy (non-hydrogen) atoms. The van der Waals surface area contributed by atoms with Crippen LogP contribution < -0.4 is 4.74 Å². The molecule has 0 spiro atoms. The zero-order valence-corrected chi connectivity index (χ0v) is 24.9. The largest absolute Gasteiger partial charge is 0.490 e. The zero-order chi connectivity index (χ0) is 28.5. The minimum atomic E-state index is -1.33. The Hall–Kier alpha value is -3.47. The molecule has 2 aromatic heterocycles. The molecule has 0 radical (unpaired) electrons. The van der Waals surface area contributed by atoms with Crippen molar-refractivity contribution in [1.29, 1.82) is 0 Å². The number of nitrogens with zero attached hydrogens (tertiary/aromatic N) is 4. The van der Waals surface area contributed by atoms with Gasteiger partial charge in [0, 0.05) is 25.6 Å². The number of carboxylic acids is 1. The van der Waals surface area contributed by atoms with E-state index in [2.05, 4.69) is 24.7 Å². The van der Waals surface area contributed by atoms with Crippen LogP contribution in [0.15, 0.2) is 54.7 Å².